The number of nitrogens with one attached hydrogen (secondary N) is 2. The minimum atomic E-state index is -4.67. The van der Waals surface area contributed by atoms with Crippen LogP contribution in [0.15, 0.2) is 48.6 Å². The van der Waals surface area contributed by atoms with Gasteiger partial charge in [-0.05, 0) is 94.0 Å². The first-order valence-corrected chi connectivity index (χ1v) is 28.2. The summed E-state index contributed by atoms with van der Waals surface area (Å²) in [5.74, 6) is -2.61. The number of benzene rings is 2. The second kappa shape index (κ2) is 19.7. The maximum Gasteiger partial charge on any atom is 0.394 e. The quantitative estimate of drug-likeness (QED) is 0.0517. The van der Waals surface area contributed by atoms with E-state index in [1.54, 1.807) is 21.0 Å². The van der Waals surface area contributed by atoms with E-state index in [1.807, 2.05) is 76.1 Å². The van der Waals surface area contributed by atoms with Crippen molar-refractivity contribution < 1.29 is 65.5 Å². The highest BCUT2D eigenvalue weighted by atomic mass is 32.3. The molecule has 3 aromatic rings. The summed E-state index contributed by atoms with van der Waals surface area (Å²) in [5, 5.41) is 42.9. The molecule has 6 heterocycles. The van der Waals surface area contributed by atoms with Crippen molar-refractivity contribution in [1.82, 2.24) is 20.1 Å². The third-order valence-corrected chi connectivity index (χ3v) is 19.7. The fourth-order valence-corrected chi connectivity index (χ4v) is 16.6. The summed E-state index contributed by atoms with van der Waals surface area (Å²) < 4.78 is 70.1. The van der Waals surface area contributed by atoms with Crippen molar-refractivity contribution in [3.63, 3.8) is 0 Å². The molecule has 2 bridgehead atoms. The molecule has 1 saturated carbocycles. The van der Waals surface area contributed by atoms with Crippen LogP contribution in [0.25, 0.3) is 10.9 Å². The van der Waals surface area contributed by atoms with E-state index in [0.29, 0.717) is 88.2 Å². The lowest BCUT2D eigenvalue weighted by molar-refractivity contribution is -0.203. The summed E-state index contributed by atoms with van der Waals surface area (Å²) in [6.45, 7) is 14.4. The molecular formula is C51H74N5O14PS. The summed E-state index contributed by atoms with van der Waals surface area (Å²) in [7, 11) is -3.77. The van der Waals surface area contributed by atoms with Crippen LogP contribution in [-0.4, -0.2) is 162 Å². The van der Waals surface area contributed by atoms with Gasteiger partial charge in [-0.15, -0.1) is 0 Å². The number of piperidine rings is 1. The molecule has 2 saturated heterocycles. The number of carbonyl (C=O) groups excluding carboxylic acids is 2. The van der Waals surface area contributed by atoms with Crippen molar-refractivity contribution in [3.05, 3.63) is 70.9 Å². The van der Waals surface area contributed by atoms with Crippen molar-refractivity contribution in [2.45, 2.75) is 126 Å². The Hall–Kier alpha value is -3.92. The molecule has 1 aliphatic carbocycles. The number of aliphatic hydroxyl groups is 3. The van der Waals surface area contributed by atoms with E-state index in [1.165, 1.54) is 7.11 Å². The van der Waals surface area contributed by atoms with Gasteiger partial charge in [0.2, 0.25) is 0 Å². The molecule has 6 aliphatic rings. The van der Waals surface area contributed by atoms with Crippen LogP contribution < -0.4 is 15.0 Å². The van der Waals surface area contributed by atoms with Gasteiger partial charge >= 0.3 is 24.0 Å². The number of rotatable bonds is 13. The second-order valence-electron chi connectivity index (χ2n) is 21.1. The highest BCUT2D eigenvalue weighted by Crippen LogP contribution is 2.68. The number of ether oxygens (including phenoxy) is 2. The number of hydrogen-bond donors (Lipinski definition) is 7. The van der Waals surface area contributed by atoms with E-state index in [-0.39, 0.29) is 25.2 Å². The Morgan fingerprint density at radius 1 is 0.972 bits per heavy atom. The van der Waals surface area contributed by atoms with Crippen LogP contribution >= 0.6 is 7.60 Å². The predicted molar refractivity (Wildman–Crippen MR) is 271 cm³/mol. The molecule has 1 unspecified atom stereocenters. The molecule has 21 heteroatoms. The lowest BCUT2D eigenvalue weighted by atomic mass is 9.47. The zero-order chi connectivity index (χ0) is 52.6. The average Bonchev–Trinajstić information content (AvgIpc) is 3.99. The normalized spacial score (nSPS) is 33.3. The van der Waals surface area contributed by atoms with Crippen LogP contribution in [0, 0.1) is 17.3 Å². The van der Waals surface area contributed by atoms with E-state index < -0.39 is 81.2 Å². The molecule has 398 valence electrons. The third kappa shape index (κ3) is 8.44. The molecule has 9 rings (SSSR count). The average molecular weight is 1040 g/mol. The molecular weight excluding hydrogens is 970 g/mol. The number of likely N-dealkylation sites (N-methyl/N-ethyl adjacent to an activating group) is 1. The molecule has 0 radical (unpaired) electrons. The van der Waals surface area contributed by atoms with Crippen molar-refractivity contribution in [1.29, 1.82) is 0 Å². The topological polar surface area (TPSA) is 261 Å². The van der Waals surface area contributed by atoms with E-state index in [4.69, 9.17) is 36.0 Å². The second-order valence-corrected chi connectivity index (χ2v) is 24.2. The lowest BCUT2D eigenvalue weighted by Crippen LogP contribution is -2.82. The van der Waals surface area contributed by atoms with E-state index in [9.17, 15) is 19.9 Å². The van der Waals surface area contributed by atoms with Crippen molar-refractivity contribution in [2.24, 2.45) is 17.3 Å². The number of anilines is 1. The summed E-state index contributed by atoms with van der Waals surface area (Å²) in [4.78, 5) is 41.4. The maximum atomic E-state index is 15.5. The molecule has 19 nitrogen and oxygen atoms in total. The monoisotopic (exact) mass is 1040 g/mol. The molecule has 7 N–H and O–H groups in total. The molecule has 1 spiro atoms. The third-order valence-electron chi connectivity index (χ3n) is 17.1. The number of carbonyl (C=O) groups is 2. The molecule has 1 amide bonds. The van der Waals surface area contributed by atoms with Gasteiger partial charge in [-0.1, -0.05) is 58.0 Å². The first kappa shape index (κ1) is 54.3. The van der Waals surface area contributed by atoms with Crippen LogP contribution in [0.5, 0.6) is 5.75 Å². The number of methoxy groups -OCH3 is 2. The number of amides is 1. The van der Waals surface area contributed by atoms with Gasteiger partial charge in [0.1, 0.15) is 23.1 Å². The number of aromatic amines is 1. The maximum absolute atomic E-state index is 15.5. The fraction of sp³-hybridized carbons (Fsp3) is 0.647. The van der Waals surface area contributed by atoms with Crippen LogP contribution in [0.1, 0.15) is 96.0 Å². The smallest absolute Gasteiger partial charge is 0.394 e. The summed E-state index contributed by atoms with van der Waals surface area (Å²) in [5.41, 5.74) is -2.27. The molecule has 3 fully saturated rings. The Morgan fingerprint density at radius 3 is 2.26 bits per heavy atom. The highest BCUT2D eigenvalue weighted by Gasteiger charge is 2.79. The molecule has 1 aromatic heterocycles. The van der Waals surface area contributed by atoms with Gasteiger partial charge in [0.25, 0.3) is 5.91 Å². The van der Waals surface area contributed by atoms with Crippen molar-refractivity contribution >= 4 is 46.5 Å². The van der Waals surface area contributed by atoms with Crippen LogP contribution in [0.4, 0.5) is 5.69 Å². The minimum Gasteiger partial charge on any atom is -0.496 e. The van der Waals surface area contributed by atoms with Gasteiger partial charge in [0.15, 0.2) is 5.60 Å². The zero-order valence-corrected chi connectivity index (χ0v) is 44.6. The number of esters is 1. The number of H-pyrrole nitrogens is 1. The molecule has 2 aromatic carbocycles. The Labute approximate surface area is 422 Å². The van der Waals surface area contributed by atoms with Gasteiger partial charge in [-0.2, -0.15) is 8.42 Å². The number of aromatic nitrogens is 1. The summed E-state index contributed by atoms with van der Waals surface area (Å²) in [6, 6.07) is 10.7. The number of para-hydroxylation sites is 1. The van der Waals surface area contributed by atoms with Crippen molar-refractivity contribution in [2.75, 3.05) is 72.1 Å². The fourth-order valence-electron chi connectivity index (χ4n) is 14.4. The van der Waals surface area contributed by atoms with Crippen LogP contribution in [0.2, 0.25) is 0 Å². The molecule has 5 aliphatic heterocycles. The Bertz CT molecular complexity index is 2740. The van der Waals surface area contributed by atoms with Gasteiger partial charge < -0.3 is 49.0 Å². The number of aliphatic hydroxyl groups excluding tert-OH is 1. The number of fused-ring (bicyclic) bond motifs is 6. The Kier molecular flexibility index (Phi) is 14.8. The van der Waals surface area contributed by atoms with Crippen LogP contribution in [0.3, 0.4) is 0 Å². The zero-order valence-electron chi connectivity index (χ0n) is 42.9. The summed E-state index contributed by atoms with van der Waals surface area (Å²) >= 11 is 0. The lowest BCUT2D eigenvalue weighted by Gasteiger charge is -2.63. The van der Waals surface area contributed by atoms with E-state index in [2.05, 4.69) is 32.2 Å². The van der Waals surface area contributed by atoms with Crippen molar-refractivity contribution in [3.8, 4) is 5.75 Å². The number of hydrogen-bond acceptors (Lipinski definition) is 15. The largest absolute Gasteiger partial charge is 0.496 e. The Balaban J connectivity index is 0.00000132. The number of nitrogens with zero attached hydrogens (tertiary/aromatic N) is 3. The SMILES string of the molecule is CCOP(=O)(OCC)[C@H](NC(=O)[C@@]1(O)[C@H](O)[C@]2(CC)C=CCN3CC[C@@]4(c5cc([C@@]6(C(=O)OC)C[C@H]7CN(CCc8c6[nH]c6ccccc86)C[C@](O)(CC)C7)c(OC)cc5N(C)[C@@H]14)[C@@H]32)C(C)C.O=S(=O)(O)O. The Morgan fingerprint density at radius 2 is 1.65 bits per heavy atom. The van der Waals surface area contributed by atoms with Gasteiger partial charge in [-0.25, -0.2) is 0 Å². The predicted octanol–water partition coefficient (Wildman–Crippen LogP) is 4.96. The molecule has 72 heavy (non-hydrogen) atoms. The highest BCUT2D eigenvalue weighted by molar-refractivity contribution is 7.79. The summed E-state index contributed by atoms with van der Waals surface area (Å²) in [6.07, 6.45) is 5.32. The van der Waals surface area contributed by atoms with Gasteiger partial charge in [0.05, 0.1) is 39.1 Å². The van der Waals surface area contributed by atoms with Crippen LogP contribution in [-0.2, 0) is 55.6 Å². The first-order valence-electron chi connectivity index (χ1n) is 25.2. The van der Waals surface area contributed by atoms with E-state index in [0.717, 1.165) is 27.7 Å². The minimum absolute atomic E-state index is 0.0734. The standard InChI is InChI=1S/C51H72N5O10P.H2O4S/c1-10-47(60)27-32-28-50(46(59)64-9,40-34(19-23-55(29-32)30-47)33-17-14-15-18-37(33)52-40)36-25-35-38(26-39(36)63-8)54(7)43-49(35)21-24-56-22-16-20-48(11-2,42(49)56)44(57)51(43,61)45(58)53-41(31(5)6)67(62,65-12-3)66-13-4;1-5(2,3)4/h14-18,20,25-26,31-32,41-44,52,57,60-61H,10-13,19,21-24,27-30H2,1-9H3,(H,53,58);(H2,1,2,3,4)/t32-,41-,42-,43+,44+,47-,48+,49+,50-,51-;/m0./s1. The van der Waals surface area contributed by atoms with Gasteiger partial charge in [0, 0.05) is 84.0 Å². The molecule has 11 atom stereocenters. The van der Waals surface area contributed by atoms with Gasteiger partial charge in [-0.3, -0.25) is 33.1 Å². The van der Waals surface area contributed by atoms with E-state index >= 15 is 9.59 Å². The first-order chi connectivity index (χ1) is 33.9.